The number of halogens is 3. The monoisotopic (exact) mass is 481 g/mol. The second-order valence-corrected chi connectivity index (χ2v) is 8.98. The fraction of sp³-hybridized carbons (Fsp3) is 0.545. The predicted molar refractivity (Wildman–Crippen MR) is 118 cm³/mol. The van der Waals surface area contributed by atoms with Crippen molar-refractivity contribution in [1.82, 2.24) is 14.7 Å². The van der Waals surface area contributed by atoms with Crippen molar-refractivity contribution in [3.8, 4) is 16.9 Å². The molecule has 1 aromatic heterocycles. The number of nitro groups is 1. The molecule has 0 bridgehead atoms. The third kappa shape index (κ3) is 4.53. The number of anilines is 1. The van der Waals surface area contributed by atoms with Gasteiger partial charge in [-0.05, 0) is 31.1 Å². The Labute approximate surface area is 194 Å². The van der Waals surface area contributed by atoms with Gasteiger partial charge < -0.3 is 14.5 Å². The molecule has 0 aliphatic carbocycles. The molecule has 2 aromatic rings. The van der Waals surface area contributed by atoms with Gasteiger partial charge in [0.05, 0.1) is 18.2 Å². The van der Waals surface area contributed by atoms with Gasteiger partial charge in [-0.1, -0.05) is 0 Å². The highest BCUT2D eigenvalue weighted by Gasteiger charge is 2.46. The minimum absolute atomic E-state index is 0.102. The number of hydrogen-bond acceptors (Lipinski definition) is 6. The number of likely N-dealkylation sites (tertiary alicyclic amines) is 1. The molecule has 3 heterocycles. The van der Waals surface area contributed by atoms with Crippen LogP contribution in [0.25, 0.3) is 11.1 Å². The number of methoxy groups -OCH3 is 1. The van der Waals surface area contributed by atoms with Crippen LogP contribution in [0.3, 0.4) is 0 Å². The summed E-state index contributed by atoms with van der Waals surface area (Å²) in [5.41, 5.74) is 1.94. The van der Waals surface area contributed by atoms with E-state index in [1.165, 1.54) is 13.2 Å². The summed E-state index contributed by atoms with van der Waals surface area (Å²) in [7, 11) is 3.15. The van der Waals surface area contributed by atoms with Gasteiger partial charge in [0.15, 0.2) is 5.75 Å². The Hall–Kier alpha value is -3.31. The summed E-state index contributed by atoms with van der Waals surface area (Å²) in [5.74, 6) is -1.61. The summed E-state index contributed by atoms with van der Waals surface area (Å²) in [4.78, 5) is 25.7. The number of amides is 1. The third-order valence-corrected chi connectivity index (χ3v) is 7.03. The number of alkyl halides is 3. The van der Waals surface area contributed by atoms with Crippen molar-refractivity contribution in [2.75, 3.05) is 38.2 Å². The molecule has 1 aromatic carbocycles. The molecule has 184 valence electrons. The molecule has 0 atom stereocenters. The Kier molecular flexibility index (Phi) is 6.17. The number of hydrogen-bond donors (Lipinski definition) is 0. The van der Waals surface area contributed by atoms with Gasteiger partial charge in [0.2, 0.25) is 0 Å². The second kappa shape index (κ2) is 8.80. The summed E-state index contributed by atoms with van der Waals surface area (Å²) < 4.78 is 45.2. The van der Waals surface area contributed by atoms with Crippen molar-refractivity contribution < 1.29 is 27.6 Å². The summed E-state index contributed by atoms with van der Waals surface area (Å²) in [5, 5.41) is 15.8. The molecular weight excluding hydrogens is 455 g/mol. The minimum atomic E-state index is -4.84. The Morgan fingerprint density at radius 1 is 1.15 bits per heavy atom. The molecule has 2 saturated heterocycles. The number of nitrogens with zero attached hydrogens (tertiary/aromatic N) is 5. The van der Waals surface area contributed by atoms with Crippen LogP contribution in [0.15, 0.2) is 24.5 Å². The molecule has 2 aliphatic rings. The van der Waals surface area contributed by atoms with Gasteiger partial charge in [0.1, 0.15) is 0 Å². The lowest BCUT2D eigenvalue weighted by molar-refractivity contribution is -0.385. The van der Waals surface area contributed by atoms with E-state index < -0.39 is 17.0 Å². The Morgan fingerprint density at radius 2 is 1.76 bits per heavy atom. The number of nitro benzene ring substituents is 1. The minimum Gasteiger partial charge on any atom is -0.490 e. The normalized spacial score (nSPS) is 18.3. The van der Waals surface area contributed by atoms with Crippen molar-refractivity contribution in [2.45, 2.75) is 31.9 Å². The maximum absolute atomic E-state index is 12.8. The van der Waals surface area contributed by atoms with E-state index in [9.17, 15) is 28.1 Å². The van der Waals surface area contributed by atoms with Crippen LogP contribution in [0.5, 0.6) is 5.75 Å². The fourth-order valence-corrected chi connectivity index (χ4v) is 5.00. The maximum atomic E-state index is 12.8. The van der Waals surface area contributed by atoms with Crippen LogP contribution in [0.1, 0.15) is 25.7 Å². The number of carbonyl (C=O) groups is 1. The van der Waals surface area contributed by atoms with Crippen molar-refractivity contribution >= 4 is 17.3 Å². The van der Waals surface area contributed by atoms with E-state index in [1.54, 1.807) is 30.2 Å². The standard InChI is InChI=1S/C22H26F3N5O4/c1-27-14-15(13-26-27)16-11-18(30(32)33)19(34-2)12-17(16)28-7-3-21(4-8-28)5-9-29(10-6-21)20(31)22(23,24)25/h11-14H,3-10H2,1-2H3. The molecule has 0 saturated carbocycles. The molecule has 1 spiro atoms. The predicted octanol–water partition coefficient (Wildman–Crippen LogP) is 3.78. The zero-order chi connectivity index (χ0) is 24.7. The van der Waals surface area contributed by atoms with Crippen molar-refractivity contribution in [3.05, 3.63) is 34.6 Å². The smallest absolute Gasteiger partial charge is 0.471 e. The molecule has 34 heavy (non-hydrogen) atoms. The molecule has 0 N–H and O–H groups in total. The number of carbonyl (C=O) groups excluding carboxylic acids is 1. The maximum Gasteiger partial charge on any atom is 0.471 e. The van der Waals surface area contributed by atoms with E-state index in [1.807, 2.05) is 0 Å². The lowest BCUT2D eigenvalue weighted by Gasteiger charge is -2.47. The molecule has 9 nitrogen and oxygen atoms in total. The van der Waals surface area contributed by atoms with Gasteiger partial charge in [-0.25, -0.2) is 0 Å². The number of piperidine rings is 2. The number of aryl methyl sites for hydroxylation is 1. The molecule has 2 aliphatic heterocycles. The third-order valence-electron chi connectivity index (χ3n) is 7.03. The zero-order valence-corrected chi connectivity index (χ0v) is 19.0. The summed E-state index contributed by atoms with van der Waals surface area (Å²) >= 11 is 0. The lowest BCUT2D eigenvalue weighted by Crippen LogP contribution is -2.51. The highest BCUT2D eigenvalue weighted by atomic mass is 19.4. The first-order chi connectivity index (χ1) is 16.0. The highest BCUT2D eigenvalue weighted by molar-refractivity contribution is 5.83. The number of ether oxygens (including phenoxy) is 1. The van der Waals surface area contributed by atoms with Crippen LogP contribution in [0.4, 0.5) is 24.5 Å². The molecule has 4 rings (SSSR count). The topological polar surface area (TPSA) is 93.7 Å². The van der Waals surface area contributed by atoms with Crippen molar-refractivity contribution in [3.63, 3.8) is 0 Å². The molecule has 2 fully saturated rings. The van der Waals surface area contributed by atoms with Gasteiger partial charge in [0, 0.05) is 68.4 Å². The Bertz CT molecular complexity index is 1080. The zero-order valence-electron chi connectivity index (χ0n) is 19.0. The van der Waals surface area contributed by atoms with E-state index in [-0.39, 0.29) is 29.9 Å². The van der Waals surface area contributed by atoms with E-state index in [0.717, 1.165) is 29.0 Å². The number of aromatic nitrogens is 2. The van der Waals surface area contributed by atoms with Gasteiger partial charge in [-0.3, -0.25) is 19.6 Å². The Balaban J connectivity index is 1.54. The van der Waals surface area contributed by atoms with Crippen LogP contribution in [-0.2, 0) is 11.8 Å². The average Bonchev–Trinajstić information content (AvgIpc) is 3.24. The van der Waals surface area contributed by atoms with E-state index in [0.29, 0.717) is 31.5 Å². The van der Waals surface area contributed by atoms with Crippen LogP contribution in [-0.4, -0.2) is 65.0 Å². The van der Waals surface area contributed by atoms with Gasteiger partial charge in [-0.2, -0.15) is 18.3 Å². The molecule has 0 unspecified atom stereocenters. The van der Waals surface area contributed by atoms with E-state index in [2.05, 4.69) is 10.00 Å². The summed E-state index contributed by atoms with van der Waals surface area (Å²) in [6.45, 7) is 1.48. The van der Waals surface area contributed by atoms with E-state index in [4.69, 9.17) is 4.74 Å². The SMILES string of the molecule is COc1cc(N2CCC3(CCN(C(=O)C(F)(F)F)CC3)CC2)c(-c2cnn(C)c2)cc1[N+](=O)[O-]. The first-order valence-electron chi connectivity index (χ1n) is 11.0. The lowest BCUT2D eigenvalue weighted by atomic mass is 9.71. The van der Waals surface area contributed by atoms with Crippen molar-refractivity contribution in [2.24, 2.45) is 12.5 Å². The molecule has 1 amide bonds. The van der Waals surface area contributed by atoms with E-state index >= 15 is 0 Å². The summed E-state index contributed by atoms with van der Waals surface area (Å²) in [6.07, 6.45) is 1.16. The first kappa shape index (κ1) is 23.8. The summed E-state index contributed by atoms with van der Waals surface area (Å²) in [6, 6.07) is 3.17. The van der Waals surface area contributed by atoms with Crippen molar-refractivity contribution in [1.29, 1.82) is 0 Å². The fourth-order valence-electron chi connectivity index (χ4n) is 5.00. The molecular formula is C22H26F3N5O4. The van der Waals surface area contributed by atoms with Crippen LogP contribution in [0, 0.1) is 15.5 Å². The molecule has 12 heteroatoms. The molecule has 0 radical (unpaired) electrons. The highest BCUT2D eigenvalue weighted by Crippen LogP contribution is 2.46. The van der Waals surface area contributed by atoms with Crippen LogP contribution < -0.4 is 9.64 Å². The Morgan fingerprint density at radius 3 is 2.26 bits per heavy atom. The number of benzene rings is 1. The number of rotatable bonds is 4. The van der Waals surface area contributed by atoms with Gasteiger partial charge >= 0.3 is 17.8 Å². The largest absolute Gasteiger partial charge is 0.490 e. The average molecular weight is 481 g/mol. The van der Waals surface area contributed by atoms with Crippen LogP contribution in [0.2, 0.25) is 0 Å². The second-order valence-electron chi connectivity index (χ2n) is 8.98. The van der Waals surface area contributed by atoms with Gasteiger partial charge in [0.25, 0.3) is 0 Å². The van der Waals surface area contributed by atoms with Gasteiger partial charge in [-0.15, -0.1) is 0 Å². The quantitative estimate of drug-likeness (QED) is 0.488. The first-order valence-corrected chi connectivity index (χ1v) is 11.0. The van der Waals surface area contributed by atoms with Crippen LogP contribution >= 0.6 is 0 Å².